The fourth-order valence-corrected chi connectivity index (χ4v) is 2.29. The van der Waals surface area contributed by atoms with E-state index in [1.165, 1.54) is 0 Å². The van der Waals surface area contributed by atoms with Crippen molar-refractivity contribution in [2.45, 2.75) is 31.9 Å². The van der Waals surface area contributed by atoms with Gasteiger partial charge in [-0.05, 0) is 26.3 Å². The van der Waals surface area contributed by atoms with Gasteiger partial charge in [0.1, 0.15) is 0 Å². The molecule has 1 aliphatic heterocycles. The molecule has 1 aromatic carbocycles. The maximum Gasteiger partial charge on any atom is 0.272 e. The molecule has 1 aliphatic rings. The van der Waals surface area contributed by atoms with Crippen molar-refractivity contribution in [2.24, 2.45) is 0 Å². The fourth-order valence-electron chi connectivity index (χ4n) is 2.29. The number of benzene rings is 1. The second-order valence-electron chi connectivity index (χ2n) is 4.56. The Morgan fingerprint density at radius 2 is 2.28 bits per heavy atom. The minimum absolute atomic E-state index is 0.204. The first-order chi connectivity index (χ1) is 8.68. The van der Waals surface area contributed by atoms with Gasteiger partial charge in [0.15, 0.2) is 0 Å². The number of nitrogens with zero attached hydrogens (tertiary/aromatic N) is 1. The van der Waals surface area contributed by atoms with Gasteiger partial charge in [-0.15, -0.1) is 0 Å². The van der Waals surface area contributed by atoms with Crippen molar-refractivity contribution in [3.8, 4) is 0 Å². The van der Waals surface area contributed by atoms with Gasteiger partial charge in [-0.25, -0.2) is 0 Å². The Hall–Kier alpha value is -1.46. The van der Waals surface area contributed by atoms with E-state index in [9.17, 15) is 10.1 Å². The highest BCUT2D eigenvalue weighted by atomic mass is 16.6. The lowest BCUT2D eigenvalue weighted by atomic mass is 10.1. The summed E-state index contributed by atoms with van der Waals surface area (Å²) in [5, 5.41) is 14.3. The number of nitro benzene ring substituents is 1. The van der Waals surface area contributed by atoms with E-state index >= 15 is 0 Å². The lowest BCUT2D eigenvalue weighted by Crippen LogP contribution is -2.36. The largest absolute Gasteiger partial charge is 0.377 e. The number of ether oxygens (including phenoxy) is 1. The number of nitrogens with one attached hydrogen (secondary N) is 1. The molecule has 2 atom stereocenters. The molecule has 5 nitrogen and oxygen atoms in total. The Kier molecular flexibility index (Phi) is 4.28. The molecule has 0 bridgehead atoms. The van der Waals surface area contributed by atoms with Crippen LogP contribution in [0.2, 0.25) is 0 Å². The van der Waals surface area contributed by atoms with Gasteiger partial charge in [0.25, 0.3) is 5.69 Å². The van der Waals surface area contributed by atoms with Crippen molar-refractivity contribution in [3.05, 3.63) is 39.9 Å². The van der Waals surface area contributed by atoms with E-state index in [0.29, 0.717) is 12.5 Å². The summed E-state index contributed by atoms with van der Waals surface area (Å²) in [5.74, 6) is 0. The normalized spacial score (nSPS) is 23.2. The summed E-state index contributed by atoms with van der Waals surface area (Å²) in [6.45, 7) is 3.59. The highest BCUT2D eigenvalue weighted by molar-refractivity contribution is 5.39. The zero-order valence-corrected chi connectivity index (χ0v) is 10.5. The van der Waals surface area contributed by atoms with Crippen LogP contribution in [0, 0.1) is 10.1 Å². The molecule has 0 aliphatic carbocycles. The summed E-state index contributed by atoms with van der Waals surface area (Å²) in [6, 6.07) is 7.27. The molecule has 2 rings (SSSR count). The summed E-state index contributed by atoms with van der Waals surface area (Å²) in [5.41, 5.74) is 0.983. The molecule has 0 radical (unpaired) electrons. The molecule has 0 saturated carbocycles. The van der Waals surface area contributed by atoms with E-state index in [0.717, 1.165) is 25.1 Å². The smallest absolute Gasteiger partial charge is 0.272 e. The number of hydrogen-bond acceptors (Lipinski definition) is 4. The lowest BCUT2D eigenvalue weighted by Gasteiger charge is -2.15. The van der Waals surface area contributed by atoms with Gasteiger partial charge in [0.05, 0.1) is 11.0 Å². The summed E-state index contributed by atoms with van der Waals surface area (Å²) in [4.78, 5) is 10.5. The van der Waals surface area contributed by atoms with Crippen molar-refractivity contribution in [1.82, 2.24) is 5.32 Å². The first kappa shape index (κ1) is 13.0. The van der Waals surface area contributed by atoms with Gasteiger partial charge < -0.3 is 10.1 Å². The number of nitro groups is 1. The topological polar surface area (TPSA) is 64.4 Å². The van der Waals surface area contributed by atoms with Gasteiger partial charge in [-0.2, -0.15) is 0 Å². The van der Waals surface area contributed by atoms with Crippen LogP contribution in [0.4, 0.5) is 5.69 Å². The van der Waals surface area contributed by atoms with Crippen molar-refractivity contribution in [1.29, 1.82) is 0 Å². The van der Waals surface area contributed by atoms with E-state index in [2.05, 4.69) is 12.2 Å². The fraction of sp³-hybridized carbons (Fsp3) is 0.538. The molecule has 2 unspecified atom stereocenters. The number of hydrogen-bond donors (Lipinski definition) is 1. The maximum atomic E-state index is 10.9. The molecule has 0 amide bonds. The Morgan fingerprint density at radius 3 is 2.94 bits per heavy atom. The molecule has 1 N–H and O–H groups in total. The molecule has 5 heteroatoms. The van der Waals surface area contributed by atoms with E-state index in [4.69, 9.17) is 4.74 Å². The van der Waals surface area contributed by atoms with Crippen molar-refractivity contribution < 1.29 is 9.66 Å². The highest BCUT2D eigenvalue weighted by Gasteiger charge is 2.23. The molecular formula is C13H18N2O3. The van der Waals surface area contributed by atoms with Gasteiger partial charge in [-0.1, -0.05) is 18.2 Å². The average Bonchev–Trinajstić information content (AvgIpc) is 2.76. The van der Waals surface area contributed by atoms with Gasteiger partial charge in [0, 0.05) is 24.3 Å². The molecule has 1 fully saturated rings. The molecule has 18 heavy (non-hydrogen) atoms. The molecule has 0 aromatic heterocycles. The predicted molar refractivity (Wildman–Crippen MR) is 68.6 cm³/mol. The monoisotopic (exact) mass is 250 g/mol. The second kappa shape index (κ2) is 5.93. The van der Waals surface area contributed by atoms with Crippen LogP contribution < -0.4 is 5.32 Å². The molecule has 1 heterocycles. The van der Waals surface area contributed by atoms with Crippen molar-refractivity contribution in [2.75, 3.05) is 13.2 Å². The average molecular weight is 250 g/mol. The van der Waals surface area contributed by atoms with Crippen LogP contribution in [-0.4, -0.2) is 30.2 Å². The third-order valence-corrected chi connectivity index (χ3v) is 3.37. The van der Waals surface area contributed by atoms with Crippen LogP contribution in [0.15, 0.2) is 24.3 Å². The Morgan fingerprint density at radius 1 is 1.50 bits per heavy atom. The summed E-state index contributed by atoms with van der Waals surface area (Å²) in [7, 11) is 0. The number of rotatable bonds is 5. The van der Waals surface area contributed by atoms with Crippen LogP contribution in [-0.2, 0) is 11.2 Å². The van der Waals surface area contributed by atoms with Gasteiger partial charge in [-0.3, -0.25) is 10.1 Å². The third kappa shape index (κ3) is 3.05. The SMILES string of the molecule is CC1OCCC1NCCc1ccccc1[N+](=O)[O-]. The third-order valence-electron chi connectivity index (χ3n) is 3.37. The van der Waals surface area contributed by atoms with Crippen LogP contribution in [0.1, 0.15) is 18.9 Å². The molecular weight excluding hydrogens is 232 g/mol. The van der Waals surface area contributed by atoms with Crippen molar-refractivity contribution >= 4 is 5.69 Å². The zero-order valence-electron chi connectivity index (χ0n) is 10.5. The maximum absolute atomic E-state index is 10.9. The number of para-hydroxylation sites is 1. The minimum atomic E-state index is -0.323. The van der Waals surface area contributed by atoms with E-state index in [-0.39, 0.29) is 16.7 Å². The molecule has 1 aromatic rings. The Balaban J connectivity index is 1.88. The lowest BCUT2D eigenvalue weighted by molar-refractivity contribution is -0.385. The Bertz CT molecular complexity index is 422. The van der Waals surface area contributed by atoms with Gasteiger partial charge in [0.2, 0.25) is 0 Å². The first-order valence-electron chi connectivity index (χ1n) is 6.26. The second-order valence-corrected chi connectivity index (χ2v) is 4.56. The van der Waals surface area contributed by atoms with E-state index in [1.54, 1.807) is 12.1 Å². The predicted octanol–water partition coefficient (Wildman–Crippen LogP) is 1.90. The molecule has 1 saturated heterocycles. The standard InChI is InChI=1S/C13H18N2O3/c1-10-12(7-9-18-10)14-8-6-11-4-2-3-5-13(11)15(16)17/h2-5,10,12,14H,6-9H2,1H3. The minimum Gasteiger partial charge on any atom is -0.377 e. The van der Waals surface area contributed by atoms with Crippen LogP contribution >= 0.6 is 0 Å². The van der Waals surface area contributed by atoms with E-state index < -0.39 is 0 Å². The van der Waals surface area contributed by atoms with Crippen LogP contribution in [0.5, 0.6) is 0 Å². The quantitative estimate of drug-likeness (QED) is 0.640. The zero-order chi connectivity index (χ0) is 13.0. The van der Waals surface area contributed by atoms with Crippen LogP contribution in [0.25, 0.3) is 0 Å². The van der Waals surface area contributed by atoms with Crippen LogP contribution in [0.3, 0.4) is 0 Å². The summed E-state index contributed by atoms with van der Waals surface area (Å²) < 4.78 is 5.46. The van der Waals surface area contributed by atoms with Crippen molar-refractivity contribution in [3.63, 3.8) is 0 Å². The van der Waals surface area contributed by atoms with E-state index in [1.807, 2.05) is 12.1 Å². The molecule has 0 spiro atoms. The Labute approximate surface area is 106 Å². The summed E-state index contributed by atoms with van der Waals surface area (Å²) >= 11 is 0. The first-order valence-corrected chi connectivity index (χ1v) is 6.26. The molecule has 98 valence electrons. The van der Waals surface area contributed by atoms with Gasteiger partial charge >= 0.3 is 0 Å². The highest BCUT2D eigenvalue weighted by Crippen LogP contribution is 2.18. The summed E-state index contributed by atoms with van der Waals surface area (Å²) in [6.07, 6.45) is 1.91.